The summed E-state index contributed by atoms with van der Waals surface area (Å²) in [6, 6.07) is 3.42. The van der Waals surface area contributed by atoms with E-state index < -0.39 is 10.7 Å². The van der Waals surface area contributed by atoms with E-state index in [2.05, 4.69) is 10.3 Å². The summed E-state index contributed by atoms with van der Waals surface area (Å²) in [4.78, 5) is 14.1. The Kier molecular flexibility index (Phi) is 3.29. The van der Waals surface area contributed by atoms with Gasteiger partial charge in [0.2, 0.25) is 0 Å². The third-order valence-corrected chi connectivity index (χ3v) is 2.74. The van der Waals surface area contributed by atoms with Crippen molar-refractivity contribution in [3.63, 3.8) is 0 Å². The van der Waals surface area contributed by atoms with E-state index in [4.69, 9.17) is 0 Å². The zero-order chi connectivity index (χ0) is 12.3. The topological polar surface area (TPSA) is 68.1 Å². The Balaban J connectivity index is 2.17. The van der Waals surface area contributed by atoms with Crippen LogP contribution in [0.5, 0.6) is 0 Å². The van der Waals surface area contributed by atoms with Crippen molar-refractivity contribution in [2.24, 2.45) is 0 Å². The van der Waals surface area contributed by atoms with E-state index in [1.54, 1.807) is 5.51 Å². The van der Waals surface area contributed by atoms with Crippen molar-refractivity contribution >= 4 is 22.7 Å². The summed E-state index contributed by atoms with van der Waals surface area (Å²) in [6.45, 7) is 0.371. The molecule has 0 saturated carbocycles. The fraction of sp³-hybridized carbons (Fsp3) is 0.100. The minimum atomic E-state index is -0.629. The number of benzene rings is 1. The second-order valence-electron chi connectivity index (χ2n) is 3.25. The van der Waals surface area contributed by atoms with Crippen molar-refractivity contribution in [3.8, 4) is 0 Å². The lowest BCUT2D eigenvalue weighted by Crippen LogP contribution is -2.03. The van der Waals surface area contributed by atoms with Gasteiger partial charge in [-0.05, 0) is 12.1 Å². The first kappa shape index (κ1) is 11.5. The predicted octanol–water partition coefficient (Wildman–Crippen LogP) is 2.80. The van der Waals surface area contributed by atoms with Gasteiger partial charge in [-0.15, -0.1) is 11.3 Å². The molecule has 1 N–H and O–H groups in total. The van der Waals surface area contributed by atoms with Gasteiger partial charge in [-0.2, -0.15) is 0 Å². The average Bonchev–Trinajstić information content (AvgIpc) is 2.80. The Bertz CT molecular complexity index is 530. The molecule has 0 amide bonds. The lowest BCUT2D eigenvalue weighted by Gasteiger charge is -2.05. The van der Waals surface area contributed by atoms with Gasteiger partial charge in [-0.3, -0.25) is 10.1 Å². The van der Waals surface area contributed by atoms with Crippen LogP contribution >= 0.6 is 11.3 Å². The number of thiazole rings is 1. The van der Waals surface area contributed by atoms with Crippen LogP contribution in [-0.4, -0.2) is 9.91 Å². The molecule has 0 spiro atoms. The number of nitrogens with zero attached hydrogens (tertiary/aromatic N) is 2. The van der Waals surface area contributed by atoms with Gasteiger partial charge in [-0.1, -0.05) is 0 Å². The van der Waals surface area contributed by atoms with Gasteiger partial charge < -0.3 is 5.32 Å². The lowest BCUT2D eigenvalue weighted by molar-refractivity contribution is -0.384. The average molecular weight is 253 g/mol. The van der Waals surface area contributed by atoms with Crippen LogP contribution in [0.4, 0.5) is 15.8 Å². The van der Waals surface area contributed by atoms with Crippen LogP contribution in [0.3, 0.4) is 0 Å². The molecule has 0 aliphatic rings. The molecule has 0 radical (unpaired) electrons. The molecule has 0 saturated heterocycles. The maximum absolute atomic E-state index is 12.9. The molecule has 5 nitrogen and oxygen atoms in total. The molecule has 0 bridgehead atoms. The Hall–Kier alpha value is -2.02. The zero-order valence-corrected chi connectivity index (χ0v) is 9.41. The quantitative estimate of drug-likeness (QED) is 0.672. The van der Waals surface area contributed by atoms with Crippen LogP contribution in [0.15, 0.2) is 29.1 Å². The summed E-state index contributed by atoms with van der Waals surface area (Å²) >= 11 is 1.44. The van der Waals surface area contributed by atoms with Crippen molar-refractivity contribution in [1.82, 2.24) is 4.98 Å². The molecule has 0 fully saturated rings. The Morgan fingerprint density at radius 1 is 1.53 bits per heavy atom. The van der Waals surface area contributed by atoms with Crippen molar-refractivity contribution < 1.29 is 9.31 Å². The maximum atomic E-state index is 12.9. The largest absolute Gasteiger partial charge is 0.374 e. The molecule has 88 valence electrons. The van der Waals surface area contributed by atoms with E-state index in [9.17, 15) is 14.5 Å². The highest BCUT2D eigenvalue weighted by Crippen LogP contribution is 2.25. The maximum Gasteiger partial charge on any atom is 0.295 e. The molecule has 17 heavy (non-hydrogen) atoms. The minimum absolute atomic E-state index is 0.278. The van der Waals surface area contributed by atoms with Gasteiger partial charge in [0.1, 0.15) is 11.5 Å². The van der Waals surface area contributed by atoms with Crippen LogP contribution in [-0.2, 0) is 6.54 Å². The van der Waals surface area contributed by atoms with E-state index in [1.165, 1.54) is 23.5 Å². The van der Waals surface area contributed by atoms with E-state index in [0.717, 1.165) is 11.8 Å². The van der Waals surface area contributed by atoms with Crippen LogP contribution in [0, 0.1) is 15.9 Å². The van der Waals surface area contributed by atoms with E-state index in [0.29, 0.717) is 6.54 Å². The normalized spacial score (nSPS) is 10.2. The standard InChI is InChI=1S/C10H8FN3O2S/c11-7-1-2-9(10(3-7)14(15)16)12-4-8-5-17-6-13-8/h1-3,5-6,12H,4H2. The van der Waals surface area contributed by atoms with Gasteiger partial charge in [0.15, 0.2) is 0 Å². The lowest BCUT2D eigenvalue weighted by atomic mass is 10.2. The number of hydrogen-bond donors (Lipinski definition) is 1. The van der Waals surface area contributed by atoms with Crippen molar-refractivity contribution in [3.05, 3.63) is 50.7 Å². The molecule has 7 heteroatoms. The molecule has 1 heterocycles. The van der Waals surface area contributed by atoms with Gasteiger partial charge in [-0.25, -0.2) is 9.37 Å². The molecule has 1 aromatic heterocycles. The second-order valence-corrected chi connectivity index (χ2v) is 3.97. The van der Waals surface area contributed by atoms with Crippen molar-refractivity contribution in [2.45, 2.75) is 6.54 Å². The van der Waals surface area contributed by atoms with Crippen LogP contribution in [0.2, 0.25) is 0 Å². The summed E-state index contributed by atoms with van der Waals surface area (Å²) in [5.41, 5.74) is 2.47. The number of nitro groups is 1. The third kappa shape index (κ3) is 2.76. The van der Waals surface area contributed by atoms with Gasteiger partial charge in [0, 0.05) is 5.38 Å². The fourth-order valence-corrected chi connectivity index (χ4v) is 1.87. The Labute approximate surface area is 100 Å². The van der Waals surface area contributed by atoms with Gasteiger partial charge in [0.05, 0.1) is 28.7 Å². The first-order chi connectivity index (χ1) is 8.16. The van der Waals surface area contributed by atoms with E-state index in [-0.39, 0.29) is 11.4 Å². The summed E-state index contributed by atoms with van der Waals surface area (Å²) in [5.74, 6) is -0.629. The second kappa shape index (κ2) is 4.88. The summed E-state index contributed by atoms with van der Waals surface area (Å²) in [7, 11) is 0. The number of nitrogens with one attached hydrogen (secondary N) is 1. The molecule has 2 aromatic rings. The number of aromatic nitrogens is 1. The summed E-state index contributed by atoms with van der Waals surface area (Å²) in [6.07, 6.45) is 0. The molecule has 1 aromatic carbocycles. The fourth-order valence-electron chi connectivity index (χ4n) is 1.32. The molecular formula is C10H8FN3O2S. The van der Waals surface area contributed by atoms with Crippen molar-refractivity contribution in [2.75, 3.05) is 5.32 Å². The number of nitro benzene ring substituents is 1. The van der Waals surface area contributed by atoms with E-state index in [1.807, 2.05) is 5.38 Å². The predicted molar refractivity (Wildman–Crippen MR) is 62.5 cm³/mol. The molecule has 0 aliphatic heterocycles. The first-order valence-corrected chi connectivity index (χ1v) is 5.66. The van der Waals surface area contributed by atoms with Crippen LogP contribution in [0.25, 0.3) is 0 Å². The number of hydrogen-bond acceptors (Lipinski definition) is 5. The summed E-state index contributed by atoms with van der Waals surface area (Å²) in [5, 5.41) is 15.4. The van der Waals surface area contributed by atoms with Gasteiger partial charge >= 0.3 is 0 Å². The molecule has 0 atom stereocenters. The van der Waals surface area contributed by atoms with Gasteiger partial charge in [0.25, 0.3) is 5.69 Å². The van der Waals surface area contributed by atoms with Crippen molar-refractivity contribution in [1.29, 1.82) is 0 Å². The molecule has 0 aliphatic carbocycles. The highest BCUT2D eigenvalue weighted by atomic mass is 32.1. The number of halogens is 1. The molecular weight excluding hydrogens is 245 g/mol. The SMILES string of the molecule is O=[N+]([O-])c1cc(F)ccc1NCc1cscn1. The van der Waals surface area contributed by atoms with E-state index >= 15 is 0 Å². The Morgan fingerprint density at radius 3 is 3.00 bits per heavy atom. The first-order valence-electron chi connectivity index (χ1n) is 4.71. The minimum Gasteiger partial charge on any atom is -0.374 e. The molecule has 0 unspecified atom stereocenters. The smallest absolute Gasteiger partial charge is 0.295 e. The highest BCUT2D eigenvalue weighted by Gasteiger charge is 2.14. The van der Waals surface area contributed by atoms with Crippen LogP contribution < -0.4 is 5.32 Å². The highest BCUT2D eigenvalue weighted by molar-refractivity contribution is 7.07. The Morgan fingerprint density at radius 2 is 2.35 bits per heavy atom. The summed E-state index contributed by atoms with van der Waals surface area (Å²) < 4.78 is 12.9. The van der Waals surface area contributed by atoms with Crippen LogP contribution in [0.1, 0.15) is 5.69 Å². The molecule has 2 rings (SSSR count). The number of anilines is 1. The third-order valence-electron chi connectivity index (χ3n) is 2.10. The zero-order valence-electron chi connectivity index (χ0n) is 8.59. The number of rotatable bonds is 4. The monoisotopic (exact) mass is 253 g/mol.